The summed E-state index contributed by atoms with van der Waals surface area (Å²) in [5.41, 5.74) is 2.78. The molecule has 0 bridgehead atoms. The fraction of sp³-hybridized carbons (Fsp3) is 0.435. The smallest absolute Gasteiger partial charge is 0.270 e. The lowest BCUT2D eigenvalue weighted by Gasteiger charge is -2.38. The molecule has 6 nitrogen and oxygen atoms in total. The Morgan fingerprint density at radius 1 is 1.23 bits per heavy atom. The second-order valence-corrected chi connectivity index (χ2v) is 9.79. The molecule has 5 rings (SSSR count). The highest BCUT2D eigenvalue weighted by atomic mass is 32.1. The third-order valence-electron chi connectivity index (χ3n) is 6.71. The molecular weight excluding hydrogens is 396 g/mol. The van der Waals surface area contributed by atoms with Crippen LogP contribution in [0, 0.1) is 12.3 Å². The third-order valence-corrected chi connectivity index (χ3v) is 7.53. The Kier molecular flexibility index (Phi) is 4.65. The van der Waals surface area contributed by atoms with Gasteiger partial charge in [-0.3, -0.25) is 9.59 Å². The largest absolute Gasteiger partial charge is 0.340 e. The lowest BCUT2D eigenvalue weighted by molar-refractivity contribution is -0.128. The van der Waals surface area contributed by atoms with Crippen LogP contribution in [0.25, 0.3) is 10.9 Å². The Morgan fingerprint density at radius 3 is 2.70 bits per heavy atom. The molecular formula is C23H26N4O2S. The first-order valence-corrected chi connectivity index (χ1v) is 11.3. The number of thiazole rings is 1. The molecule has 7 heteroatoms. The van der Waals surface area contributed by atoms with Crippen LogP contribution in [-0.4, -0.2) is 50.8 Å². The van der Waals surface area contributed by atoms with Gasteiger partial charge in [-0.2, -0.15) is 0 Å². The molecule has 0 radical (unpaired) electrons. The van der Waals surface area contributed by atoms with E-state index in [0.29, 0.717) is 26.1 Å². The van der Waals surface area contributed by atoms with Crippen LogP contribution in [0.2, 0.25) is 0 Å². The highest BCUT2D eigenvalue weighted by molar-refractivity contribution is 7.09. The van der Waals surface area contributed by atoms with Gasteiger partial charge in [-0.15, -0.1) is 11.3 Å². The highest BCUT2D eigenvalue weighted by Gasteiger charge is 2.45. The van der Waals surface area contributed by atoms with E-state index < -0.39 is 0 Å². The molecule has 2 aliphatic heterocycles. The molecule has 2 fully saturated rings. The van der Waals surface area contributed by atoms with Crippen LogP contribution in [0.3, 0.4) is 0 Å². The minimum Gasteiger partial charge on any atom is -0.340 e. The number of hydrogen-bond donors (Lipinski definition) is 0. The van der Waals surface area contributed by atoms with Crippen molar-refractivity contribution in [2.75, 3.05) is 19.6 Å². The summed E-state index contributed by atoms with van der Waals surface area (Å²) in [7, 11) is 1.95. The monoisotopic (exact) mass is 422 g/mol. The van der Waals surface area contributed by atoms with E-state index in [0.717, 1.165) is 46.7 Å². The molecule has 2 saturated heterocycles. The zero-order valence-corrected chi connectivity index (χ0v) is 18.2. The normalized spacial score (nSPS) is 18.7. The van der Waals surface area contributed by atoms with Gasteiger partial charge in [0.25, 0.3) is 5.91 Å². The molecule has 0 N–H and O–H groups in total. The maximum Gasteiger partial charge on any atom is 0.270 e. The second-order valence-electron chi connectivity index (χ2n) is 8.72. The molecule has 4 heterocycles. The number of fused-ring (bicyclic) bond motifs is 1. The first kappa shape index (κ1) is 19.3. The standard InChI is InChI=1S/C23H26N4O2S/c1-16-24-18(14-30-16)13-27-15-23(12-21(27)28)7-9-26(10-8-23)22(29)20-11-17-5-3-4-6-19(17)25(20)2/h3-6,11,14H,7-10,12-13,15H2,1-2H3. The van der Waals surface area contributed by atoms with Gasteiger partial charge >= 0.3 is 0 Å². The van der Waals surface area contributed by atoms with Gasteiger partial charge in [-0.05, 0) is 31.9 Å². The Hall–Kier alpha value is -2.67. The molecule has 156 valence electrons. The number of amides is 2. The molecule has 1 aromatic carbocycles. The zero-order chi connectivity index (χ0) is 20.9. The second kappa shape index (κ2) is 7.23. The molecule has 30 heavy (non-hydrogen) atoms. The number of aryl methyl sites for hydroxylation is 2. The van der Waals surface area contributed by atoms with Gasteiger partial charge in [0, 0.05) is 54.8 Å². The number of nitrogens with zero attached hydrogens (tertiary/aromatic N) is 4. The molecule has 2 aromatic heterocycles. The number of piperidine rings is 1. The number of benzene rings is 1. The van der Waals surface area contributed by atoms with E-state index in [1.807, 2.05) is 64.1 Å². The van der Waals surface area contributed by atoms with Crippen LogP contribution in [0.15, 0.2) is 35.7 Å². The zero-order valence-electron chi connectivity index (χ0n) is 17.4. The highest BCUT2D eigenvalue weighted by Crippen LogP contribution is 2.41. The number of carbonyl (C=O) groups excluding carboxylic acids is 2. The predicted octanol–water partition coefficient (Wildman–Crippen LogP) is 3.60. The quantitative estimate of drug-likeness (QED) is 0.648. The molecule has 2 aliphatic rings. The lowest BCUT2D eigenvalue weighted by Crippen LogP contribution is -2.44. The van der Waals surface area contributed by atoms with Crippen LogP contribution < -0.4 is 0 Å². The molecule has 0 atom stereocenters. The first-order chi connectivity index (χ1) is 14.4. The Labute approximate surface area is 180 Å². The van der Waals surface area contributed by atoms with E-state index in [4.69, 9.17) is 0 Å². The van der Waals surface area contributed by atoms with Crippen LogP contribution in [0.5, 0.6) is 0 Å². The number of likely N-dealkylation sites (tertiary alicyclic amines) is 2. The van der Waals surface area contributed by atoms with Crippen molar-refractivity contribution in [3.05, 3.63) is 52.1 Å². The van der Waals surface area contributed by atoms with E-state index in [1.54, 1.807) is 11.3 Å². The number of hydrogen-bond acceptors (Lipinski definition) is 4. The van der Waals surface area contributed by atoms with E-state index in [-0.39, 0.29) is 17.2 Å². The number of carbonyl (C=O) groups is 2. The van der Waals surface area contributed by atoms with Crippen molar-refractivity contribution in [3.8, 4) is 0 Å². The number of aromatic nitrogens is 2. The lowest BCUT2D eigenvalue weighted by atomic mass is 9.77. The number of para-hydroxylation sites is 1. The molecule has 3 aromatic rings. The summed E-state index contributed by atoms with van der Waals surface area (Å²) >= 11 is 1.62. The van der Waals surface area contributed by atoms with E-state index in [2.05, 4.69) is 4.98 Å². The average molecular weight is 423 g/mol. The van der Waals surface area contributed by atoms with Crippen molar-refractivity contribution in [2.45, 2.75) is 32.7 Å². The Morgan fingerprint density at radius 2 is 2.00 bits per heavy atom. The molecule has 0 saturated carbocycles. The summed E-state index contributed by atoms with van der Waals surface area (Å²) in [4.78, 5) is 34.3. The average Bonchev–Trinajstić information content (AvgIpc) is 3.39. The van der Waals surface area contributed by atoms with Crippen LogP contribution in [0.4, 0.5) is 0 Å². The van der Waals surface area contributed by atoms with E-state index >= 15 is 0 Å². The van der Waals surface area contributed by atoms with Gasteiger partial charge in [0.2, 0.25) is 5.91 Å². The van der Waals surface area contributed by atoms with Crippen molar-refractivity contribution >= 4 is 34.1 Å². The maximum absolute atomic E-state index is 13.2. The summed E-state index contributed by atoms with van der Waals surface area (Å²) in [6, 6.07) is 10.1. The third kappa shape index (κ3) is 3.31. The van der Waals surface area contributed by atoms with Gasteiger partial charge in [0.1, 0.15) is 5.69 Å². The topological polar surface area (TPSA) is 58.4 Å². The maximum atomic E-state index is 13.2. The van der Waals surface area contributed by atoms with Crippen molar-refractivity contribution < 1.29 is 9.59 Å². The predicted molar refractivity (Wildman–Crippen MR) is 117 cm³/mol. The van der Waals surface area contributed by atoms with E-state index in [1.165, 1.54) is 0 Å². The van der Waals surface area contributed by atoms with Crippen molar-refractivity contribution in [2.24, 2.45) is 12.5 Å². The molecule has 2 amide bonds. The number of rotatable bonds is 3. The summed E-state index contributed by atoms with van der Waals surface area (Å²) in [5.74, 6) is 0.303. The fourth-order valence-electron chi connectivity index (χ4n) is 4.98. The van der Waals surface area contributed by atoms with Gasteiger partial charge < -0.3 is 14.4 Å². The molecule has 1 spiro atoms. The van der Waals surface area contributed by atoms with E-state index in [9.17, 15) is 9.59 Å². The van der Waals surface area contributed by atoms with Gasteiger partial charge in [0.05, 0.1) is 17.2 Å². The Bertz CT molecular complexity index is 1120. The van der Waals surface area contributed by atoms with Crippen molar-refractivity contribution in [1.29, 1.82) is 0 Å². The SMILES string of the molecule is Cc1nc(CN2CC3(CCN(C(=O)c4cc5ccccc5n4C)CC3)CC2=O)cs1. The van der Waals surface area contributed by atoms with Crippen molar-refractivity contribution in [3.63, 3.8) is 0 Å². The van der Waals surface area contributed by atoms with Crippen LogP contribution in [0.1, 0.15) is 40.5 Å². The summed E-state index contributed by atoms with van der Waals surface area (Å²) < 4.78 is 1.98. The van der Waals surface area contributed by atoms with Gasteiger partial charge in [-0.25, -0.2) is 4.98 Å². The summed E-state index contributed by atoms with van der Waals surface area (Å²) in [6.07, 6.45) is 2.34. The molecule has 0 unspecified atom stereocenters. The van der Waals surface area contributed by atoms with Crippen molar-refractivity contribution in [1.82, 2.24) is 19.4 Å². The fourth-order valence-corrected chi connectivity index (χ4v) is 5.58. The minimum atomic E-state index is -0.00213. The minimum absolute atomic E-state index is 0.00213. The van der Waals surface area contributed by atoms with Gasteiger partial charge in [0.15, 0.2) is 0 Å². The summed E-state index contributed by atoms with van der Waals surface area (Å²) in [5, 5.41) is 4.16. The van der Waals surface area contributed by atoms with Crippen LogP contribution >= 0.6 is 11.3 Å². The van der Waals surface area contributed by atoms with Gasteiger partial charge in [-0.1, -0.05) is 18.2 Å². The summed E-state index contributed by atoms with van der Waals surface area (Å²) in [6.45, 7) is 4.78. The van der Waals surface area contributed by atoms with Crippen LogP contribution in [-0.2, 0) is 18.4 Å². The first-order valence-electron chi connectivity index (χ1n) is 10.5. The Balaban J connectivity index is 1.26. The molecule has 0 aliphatic carbocycles.